The minimum atomic E-state index is -0.191. The number of aliphatic hydroxyl groups excluding tert-OH is 2. The summed E-state index contributed by atoms with van der Waals surface area (Å²) >= 11 is 0. The van der Waals surface area contributed by atoms with E-state index in [1.807, 2.05) is 7.11 Å². The van der Waals surface area contributed by atoms with Gasteiger partial charge < -0.3 is 14.9 Å². The van der Waals surface area contributed by atoms with Gasteiger partial charge in [0.1, 0.15) is 0 Å². The fourth-order valence-corrected chi connectivity index (χ4v) is 9.44. The van der Waals surface area contributed by atoms with Crippen LogP contribution in [0.1, 0.15) is 99.3 Å². The van der Waals surface area contributed by atoms with Crippen molar-refractivity contribution in [2.75, 3.05) is 7.11 Å². The van der Waals surface area contributed by atoms with E-state index in [4.69, 9.17) is 4.74 Å². The van der Waals surface area contributed by atoms with Crippen LogP contribution in [0.5, 0.6) is 0 Å². The number of rotatable bonds is 7. The smallest absolute Gasteiger partial charge is 0.0788 e. The number of ether oxygens (including phenoxy) is 1. The first-order valence-corrected chi connectivity index (χ1v) is 14.2. The standard InChI is InChI=1S/C30H52O3/c1-8-20(18(2)3)15-26(32)19(4)23-9-10-24-28-25(12-14-30(23,24)6)29(5)13-11-22(31)16-21(29)17-27(28)33-7/h17-20,22-28,31-32H,8-16H2,1-7H3/t19-,20+,22-,23+,24-,25-,26+,27-,28-,29-,30+/m0/s1. The lowest BCUT2D eigenvalue weighted by molar-refractivity contribution is -0.111. The summed E-state index contributed by atoms with van der Waals surface area (Å²) < 4.78 is 6.17. The zero-order valence-electron chi connectivity index (χ0n) is 22.5. The molecule has 4 rings (SSSR count). The molecule has 3 nitrogen and oxygen atoms in total. The Morgan fingerprint density at radius 3 is 2.42 bits per heavy atom. The van der Waals surface area contributed by atoms with E-state index in [2.05, 4.69) is 47.6 Å². The maximum Gasteiger partial charge on any atom is 0.0788 e. The van der Waals surface area contributed by atoms with Gasteiger partial charge in [0, 0.05) is 7.11 Å². The van der Waals surface area contributed by atoms with Crippen LogP contribution in [0.15, 0.2) is 11.6 Å². The zero-order chi connectivity index (χ0) is 24.1. The highest BCUT2D eigenvalue weighted by molar-refractivity contribution is 5.28. The molecule has 3 fully saturated rings. The lowest BCUT2D eigenvalue weighted by Gasteiger charge is -2.60. The van der Waals surface area contributed by atoms with Crippen molar-refractivity contribution >= 4 is 0 Å². The molecule has 0 aromatic rings. The first-order valence-electron chi connectivity index (χ1n) is 14.2. The Bertz CT molecular complexity index is 715. The molecule has 3 saturated carbocycles. The van der Waals surface area contributed by atoms with E-state index >= 15 is 0 Å². The normalized spacial score (nSPS) is 45.6. The van der Waals surface area contributed by atoms with Crippen LogP contribution in [-0.2, 0) is 4.74 Å². The van der Waals surface area contributed by atoms with Gasteiger partial charge in [0.25, 0.3) is 0 Å². The van der Waals surface area contributed by atoms with E-state index in [1.165, 1.54) is 31.3 Å². The lowest BCUT2D eigenvalue weighted by Crippen LogP contribution is -2.55. The Morgan fingerprint density at radius 2 is 1.79 bits per heavy atom. The second kappa shape index (κ2) is 9.58. The SMILES string of the molecule is CC[C@H](C[C@@H](O)[C@@H](C)[C@H]1CC[C@H]2[C@@H]3[C@@H](OC)C=C4C[C@@H](O)CC[C@]4(C)[C@H]3CC[C@]12C)C(C)C. The third-order valence-electron chi connectivity index (χ3n) is 11.7. The molecule has 190 valence electrons. The van der Waals surface area contributed by atoms with Crippen LogP contribution in [0.4, 0.5) is 0 Å². The molecule has 0 spiro atoms. The minimum absolute atomic E-state index is 0.178. The summed E-state index contributed by atoms with van der Waals surface area (Å²) in [6.07, 6.45) is 12.3. The van der Waals surface area contributed by atoms with Gasteiger partial charge in [-0.05, 0) is 104 Å². The molecule has 33 heavy (non-hydrogen) atoms. The second-order valence-corrected chi connectivity index (χ2v) is 13.3. The van der Waals surface area contributed by atoms with Crippen molar-refractivity contribution in [2.45, 2.75) is 118 Å². The number of fused-ring (bicyclic) bond motifs is 5. The molecule has 0 amide bonds. The molecular weight excluding hydrogens is 408 g/mol. The molecule has 0 unspecified atom stereocenters. The minimum Gasteiger partial charge on any atom is -0.393 e. The summed E-state index contributed by atoms with van der Waals surface area (Å²) in [4.78, 5) is 0. The Hall–Kier alpha value is -0.380. The van der Waals surface area contributed by atoms with Crippen molar-refractivity contribution in [1.29, 1.82) is 0 Å². The van der Waals surface area contributed by atoms with Gasteiger partial charge in [-0.3, -0.25) is 0 Å². The van der Waals surface area contributed by atoms with Crippen molar-refractivity contribution < 1.29 is 14.9 Å². The van der Waals surface area contributed by atoms with Gasteiger partial charge >= 0.3 is 0 Å². The molecular formula is C30H52O3. The highest BCUT2D eigenvalue weighted by Crippen LogP contribution is 2.67. The third-order valence-corrected chi connectivity index (χ3v) is 11.7. The van der Waals surface area contributed by atoms with Crippen molar-refractivity contribution in [3.8, 4) is 0 Å². The van der Waals surface area contributed by atoms with Crippen LogP contribution in [0.2, 0.25) is 0 Å². The van der Waals surface area contributed by atoms with E-state index in [1.54, 1.807) is 0 Å². The molecule has 0 heterocycles. The average Bonchev–Trinajstić information content (AvgIpc) is 3.13. The highest BCUT2D eigenvalue weighted by atomic mass is 16.5. The van der Waals surface area contributed by atoms with Crippen LogP contribution in [0.25, 0.3) is 0 Å². The summed E-state index contributed by atoms with van der Waals surface area (Å²) in [5.41, 5.74) is 2.00. The van der Waals surface area contributed by atoms with Gasteiger partial charge in [-0.1, -0.05) is 59.6 Å². The Kier molecular flexibility index (Phi) is 7.46. The first-order chi connectivity index (χ1) is 15.6. The van der Waals surface area contributed by atoms with E-state index in [0.717, 1.165) is 32.1 Å². The van der Waals surface area contributed by atoms with E-state index in [0.29, 0.717) is 46.8 Å². The third kappa shape index (κ3) is 4.27. The van der Waals surface area contributed by atoms with E-state index < -0.39 is 0 Å². The molecule has 2 N–H and O–H groups in total. The van der Waals surface area contributed by atoms with Gasteiger partial charge in [0.05, 0.1) is 18.3 Å². The number of hydrogen-bond donors (Lipinski definition) is 2. The molecule has 4 aliphatic carbocycles. The van der Waals surface area contributed by atoms with Crippen LogP contribution in [0.3, 0.4) is 0 Å². The predicted molar refractivity (Wildman–Crippen MR) is 136 cm³/mol. The molecule has 4 aliphatic rings. The molecule has 0 bridgehead atoms. The molecule has 0 saturated heterocycles. The van der Waals surface area contributed by atoms with Gasteiger partial charge in [-0.2, -0.15) is 0 Å². The quantitative estimate of drug-likeness (QED) is 0.420. The molecule has 0 aromatic heterocycles. The van der Waals surface area contributed by atoms with Crippen LogP contribution in [-0.4, -0.2) is 35.6 Å². The summed E-state index contributed by atoms with van der Waals surface area (Å²) in [6, 6.07) is 0. The summed E-state index contributed by atoms with van der Waals surface area (Å²) in [5, 5.41) is 21.7. The molecule has 3 heteroatoms. The highest BCUT2D eigenvalue weighted by Gasteiger charge is 2.61. The monoisotopic (exact) mass is 460 g/mol. The van der Waals surface area contributed by atoms with Gasteiger partial charge in [-0.25, -0.2) is 0 Å². The topological polar surface area (TPSA) is 49.7 Å². The van der Waals surface area contributed by atoms with Gasteiger partial charge in [0.2, 0.25) is 0 Å². The summed E-state index contributed by atoms with van der Waals surface area (Å²) in [5.74, 6) is 4.13. The Balaban J connectivity index is 1.57. The number of aliphatic hydroxyl groups is 2. The molecule has 11 atom stereocenters. The van der Waals surface area contributed by atoms with Crippen LogP contribution < -0.4 is 0 Å². The van der Waals surface area contributed by atoms with Crippen molar-refractivity contribution in [2.24, 2.45) is 52.3 Å². The largest absolute Gasteiger partial charge is 0.393 e. The van der Waals surface area contributed by atoms with Crippen molar-refractivity contribution in [1.82, 2.24) is 0 Å². The Morgan fingerprint density at radius 1 is 1.06 bits per heavy atom. The fraction of sp³-hybridized carbons (Fsp3) is 0.933. The van der Waals surface area contributed by atoms with Gasteiger partial charge in [0.15, 0.2) is 0 Å². The van der Waals surface area contributed by atoms with E-state index in [9.17, 15) is 10.2 Å². The van der Waals surface area contributed by atoms with E-state index in [-0.39, 0.29) is 23.7 Å². The average molecular weight is 461 g/mol. The molecule has 0 radical (unpaired) electrons. The predicted octanol–water partition coefficient (Wildman–Crippen LogP) is 6.62. The second-order valence-electron chi connectivity index (χ2n) is 13.3. The fourth-order valence-electron chi connectivity index (χ4n) is 9.44. The van der Waals surface area contributed by atoms with Crippen molar-refractivity contribution in [3.63, 3.8) is 0 Å². The number of hydrogen-bond acceptors (Lipinski definition) is 3. The summed E-state index contributed by atoms with van der Waals surface area (Å²) in [6.45, 7) is 14.3. The van der Waals surface area contributed by atoms with Crippen molar-refractivity contribution in [3.05, 3.63) is 11.6 Å². The molecule has 0 aliphatic heterocycles. The van der Waals surface area contributed by atoms with Crippen LogP contribution >= 0.6 is 0 Å². The molecule has 0 aromatic carbocycles. The lowest BCUT2D eigenvalue weighted by atomic mass is 9.46. The van der Waals surface area contributed by atoms with Gasteiger partial charge in [-0.15, -0.1) is 0 Å². The number of methoxy groups -OCH3 is 1. The first kappa shape index (κ1) is 25.7. The Labute approximate surface area is 203 Å². The maximum atomic E-state index is 11.3. The zero-order valence-corrected chi connectivity index (χ0v) is 22.5. The maximum absolute atomic E-state index is 11.3. The summed E-state index contributed by atoms with van der Waals surface area (Å²) in [7, 11) is 1.89. The van der Waals surface area contributed by atoms with Crippen LogP contribution in [0, 0.1) is 52.3 Å².